The van der Waals surface area contributed by atoms with Crippen molar-refractivity contribution in [3.8, 4) is 5.75 Å². The second-order valence-corrected chi connectivity index (χ2v) is 8.59. The number of carbonyl (C=O) groups is 1. The van der Waals surface area contributed by atoms with Gasteiger partial charge in [-0.1, -0.05) is 29.2 Å². The van der Waals surface area contributed by atoms with E-state index in [4.69, 9.17) is 4.74 Å². The first-order chi connectivity index (χ1) is 15.0. The number of hydrogen-bond acceptors (Lipinski definition) is 7. The summed E-state index contributed by atoms with van der Waals surface area (Å²) in [6, 6.07) is 12.6. The zero-order valence-corrected chi connectivity index (χ0v) is 18.0. The molecule has 2 aromatic heterocycles. The van der Waals surface area contributed by atoms with E-state index in [1.807, 2.05) is 6.92 Å². The number of thioether (sulfide) groups is 1. The molecule has 1 amide bonds. The first-order valence-corrected chi connectivity index (χ1v) is 11.1. The Bertz CT molecular complexity index is 1290. The van der Waals surface area contributed by atoms with Gasteiger partial charge in [0.2, 0.25) is 5.13 Å². The Labute approximate surface area is 184 Å². The SMILES string of the molecule is CCOc1ccc(C(=O)Nc2nnc(SCc3cc(=O)c4cccc(F)c4[nH]3)s2)cc1. The summed E-state index contributed by atoms with van der Waals surface area (Å²) in [6.45, 7) is 2.44. The smallest absolute Gasteiger partial charge is 0.257 e. The first kappa shape index (κ1) is 21.0. The van der Waals surface area contributed by atoms with Crippen molar-refractivity contribution in [2.45, 2.75) is 17.0 Å². The molecule has 0 aliphatic carbocycles. The van der Waals surface area contributed by atoms with Crippen LogP contribution in [0.4, 0.5) is 9.52 Å². The fraction of sp³-hybridized carbons (Fsp3) is 0.143. The van der Waals surface area contributed by atoms with Crippen LogP contribution in [0.1, 0.15) is 23.0 Å². The van der Waals surface area contributed by atoms with Gasteiger partial charge >= 0.3 is 0 Å². The molecule has 2 aromatic carbocycles. The summed E-state index contributed by atoms with van der Waals surface area (Å²) in [6.07, 6.45) is 0. The third-order valence-electron chi connectivity index (χ3n) is 4.28. The molecule has 0 aliphatic rings. The van der Waals surface area contributed by atoms with Crippen LogP contribution in [0.25, 0.3) is 10.9 Å². The average Bonchev–Trinajstić information content (AvgIpc) is 3.21. The summed E-state index contributed by atoms with van der Waals surface area (Å²) in [5.41, 5.74) is 0.988. The van der Waals surface area contributed by atoms with Gasteiger partial charge in [0, 0.05) is 28.5 Å². The molecule has 0 fully saturated rings. The number of halogens is 1. The lowest BCUT2D eigenvalue weighted by Gasteiger charge is -2.04. The number of ether oxygens (including phenoxy) is 1. The number of hydrogen-bond donors (Lipinski definition) is 2. The van der Waals surface area contributed by atoms with E-state index >= 15 is 0 Å². The van der Waals surface area contributed by atoms with Crippen molar-refractivity contribution in [3.63, 3.8) is 0 Å². The van der Waals surface area contributed by atoms with E-state index in [0.717, 1.165) is 0 Å². The number of nitrogens with zero attached hydrogens (tertiary/aromatic N) is 2. The summed E-state index contributed by atoms with van der Waals surface area (Å²) >= 11 is 2.55. The third kappa shape index (κ3) is 4.92. The van der Waals surface area contributed by atoms with Gasteiger partial charge in [0.25, 0.3) is 5.91 Å². The van der Waals surface area contributed by atoms with Crippen molar-refractivity contribution in [2.24, 2.45) is 0 Å². The van der Waals surface area contributed by atoms with Gasteiger partial charge in [-0.25, -0.2) is 4.39 Å². The number of carbonyl (C=O) groups excluding carboxylic acids is 1. The van der Waals surface area contributed by atoms with Crippen molar-refractivity contribution in [1.29, 1.82) is 0 Å². The van der Waals surface area contributed by atoms with Gasteiger partial charge in [-0.3, -0.25) is 14.9 Å². The molecule has 0 atom stereocenters. The number of nitrogens with one attached hydrogen (secondary N) is 2. The van der Waals surface area contributed by atoms with E-state index in [2.05, 4.69) is 20.5 Å². The van der Waals surface area contributed by atoms with Gasteiger partial charge in [0.15, 0.2) is 9.77 Å². The minimum absolute atomic E-state index is 0.186. The molecule has 0 radical (unpaired) electrons. The summed E-state index contributed by atoms with van der Waals surface area (Å²) in [5.74, 6) is 0.294. The monoisotopic (exact) mass is 456 g/mol. The summed E-state index contributed by atoms with van der Waals surface area (Å²) in [7, 11) is 0. The highest BCUT2D eigenvalue weighted by atomic mass is 32.2. The Kier molecular flexibility index (Phi) is 6.28. The van der Waals surface area contributed by atoms with Crippen molar-refractivity contribution < 1.29 is 13.9 Å². The quantitative estimate of drug-likeness (QED) is 0.315. The molecule has 4 rings (SSSR count). The van der Waals surface area contributed by atoms with E-state index in [1.54, 1.807) is 30.3 Å². The highest BCUT2D eigenvalue weighted by Crippen LogP contribution is 2.28. The Morgan fingerprint density at radius 2 is 2.03 bits per heavy atom. The van der Waals surface area contributed by atoms with Crippen LogP contribution < -0.4 is 15.5 Å². The molecule has 0 spiro atoms. The van der Waals surface area contributed by atoms with Crippen molar-refractivity contribution >= 4 is 45.0 Å². The van der Waals surface area contributed by atoms with E-state index in [-0.39, 0.29) is 16.9 Å². The molecule has 0 unspecified atom stereocenters. The maximum Gasteiger partial charge on any atom is 0.257 e. The lowest BCUT2D eigenvalue weighted by atomic mass is 10.2. The molecular weight excluding hydrogens is 439 g/mol. The molecule has 0 bridgehead atoms. The standard InChI is InChI=1S/C21H17FN4O3S2/c1-2-29-14-8-6-12(7-9-14)19(28)24-20-25-26-21(31-20)30-11-13-10-17(27)15-4-3-5-16(22)18(15)23-13/h3-10H,2,11H2,1H3,(H,23,27)(H,24,25,28). The molecule has 10 heteroatoms. The number of anilines is 1. The zero-order valence-electron chi connectivity index (χ0n) is 16.3. The number of H-pyrrole nitrogens is 1. The van der Waals surface area contributed by atoms with E-state index in [0.29, 0.717) is 44.2 Å². The van der Waals surface area contributed by atoms with Gasteiger partial charge in [0.05, 0.1) is 12.1 Å². The molecule has 0 saturated carbocycles. The topological polar surface area (TPSA) is 97.0 Å². The van der Waals surface area contributed by atoms with Gasteiger partial charge in [-0.15, -0.1) is 10.2 Å². The lowest BCUT2D eigenvalue weighted by molar-refractivity contribution is 0.102. The number of rotatable bonds is 7. The van der Waals surface area contributed by atoms with Crippen molar-refractivity contribution in [1.82, 2.24) is 15.2 Å². The second kappa shape index (κ2) is 9.27. The molecule has 2 N–H and O–H groups in total. The highest BCUT2D eigenvalue weighted by Gasteiger charge is 2.12. The summed E-state index contributed by atoms with van der Waals surface area (Å²) < 4.78 is 20.0. The zero-order chi connectivity index (χ0) is 21.8. The molecule has 0 aliphatic heterocycles. The lowest BCUT2D eigenvalue weighted by Crippen LogP contribution is -2.11. The maximum absolute atomic E-state index is 14.0. The fourth-order valence-electron chi connectivity index (χ4n) is 2.86. The molecule has 7 nitrogen and oxygen atoms in total. The molecular formula is C21H17FN4O3S2. The second-order valence-electron chi connectivity index (χ2n) is 6.39. The predicted molar refractivity (Wildman–Crippen MR) is 120 cm³/mol. The van der Waals surface area contributed by atoms with E-state index < -0.39 is 5.82 Å². The van der Waals surface area contributed by atoms with E-state index in [1.165, 1.54) is 41.3 Å². The van der Waals surface area contributed by atoms with Crippen LogP contribution in [0.15, 0.2) is 57.7 Å². The highest BCUT2D eigenvalue weighted by molar-refractivity contribution is 8.00. The van der Waals surface area contributed by atoms with Gasteiger partial charge in [-0.05, 0) is 43.3 Å². The predicted octanol–water partition coefficient (Wildman–Crippen LogP) is 4.46. The van der Waals surface area contributed by atoms with Crippen molar-refractivity contribution in [3.05, 3.63) is 75.8 Å². The molecule has 31 heavy (non-hydrogen) atoms. The summed E-state index contributed by atoms with van der Waals surface area (Å²) in [4.78, 5) is 27.5. The average molecular weight is 457 g/mol. The summed E-state index contributed by atoms with van der Waals surface area (Å²) in [5, 5.41) is 11.4. The molecule has 2 heterocycles. The van der Waals surface area contributed by atoms with Crippen LogP contribution in [0, 0.1) is 5.82 Å². The fourth-order valence-corrected chi connectivity index (χ4v) is 4.52. The number of amides is 1. The van der Waals surface area contributed by atoms with Crippen LogP contribution in [0.2, 0.25) is 0 Å². The van der Waals surface area contributed by atoms with Crippen LogP contribution in [-0.4, -0.2) is 27.7 Å². The third-order valence-corrected chi connectivity index (χ3v) is 6.30. The molecule has 0 saturated heterocycles. The number of para-hydroxylation sites is 1. The first-order valence-electron chi connectivity index (χ1n) is 9.34. The van der Waals surface area contributed by atoms with Crippen LogP contribution in [-0.2, 0) is 5.75 Å². The number of aromatic amines is 1. The Balaban J connectivity index is 1.40. The Morgan fingerprint density at radius 3 is 2.81 bits per heavy atom. The minimum Gasteiger partial charge on any atom is -0.494 e. The Hall–Kier alpha value is -3.24. The Morgan fingerprint density at radius 1 is 1.23 bits per heavy atom. The number of benzene rings is 2. The molecule has 4 aromatic rings. The van der Waals surface area contributed by atoms with Crippen LogP contribution in [0.3, 0.4) is 0 Å². The minimum atomic E-state index is -0.475. The number of aromatic nitrogens is 3. The number of fused-ring (bicyclic) bond motifs is 1. The normalized spacial score (nSPS) is 10.9. The number of pyridine rings is 1. The largest absolute Gasteiger partial charge is 0.494 e. The maximum atomic E-state index is 14.0. The van der Waals surface area contributed by atoms with Gasteiger partial charge in [0.1, 0.15) is 11.6 Å². The van der Waals surface area contributed by atoms with Gasteiger partial charge < -0.3 is 9.72 Å². The van der Waals surface area contributed by atoms with Crippen LogP contribution >= 0.6 is 23.1 Å². The van der Waals surface area contributed by atoms with E-state index in [9.17, 15) is 14.0 Å². The molecule has 158 valence electrons. The van der Waals surface area contributed by atoms with Crippen molar-refractivity contribution in [2.75, 3.05) is 11.9 Å². The van der Waals surface area contributed by atoms with Crippen LogP contribution in [0.5, 0.6) is 5.75 Å². The van der Waals surface area contributed by atoms with Gasteiger partial charge in [-0.2, -0.15) is 0 Å².